The monoisotopic (exact) mass is 489 g/mol. The third-order valence-corrected chi connectivity index (χ3v) is 9.17. The van der Waals surface area contributed by atoms with Crippen LogP contribution in [-0.4, -0.2) is 75.2 Å². The molecule has 0 spiro atoms. The number of thiophene rings is 1. The number of nitrogens with zero attached hydrogens (tertiary/aromatic N) is 5. The summed E-state index contributed by atoms with van der Waals surface area (Å²) < 4.78 is 5.62. The third-order valence-electron chi connectivity index (χ3n) is 8.01. The van der Waals surface area contributed by atoms with Crippen LogP contribution in [0.5, 0.6) is 5.75 Å². The Kier molecular flexibility index (Phi) is 4.75. The number of benzene rings is 1. The minimum atomic E-state index is 0.0631. The van der Waals surface area contributed by atoms with Crippen molar-refractivity contribution in [2.24, 2.45) is 5.92 Å². The highest BCUT2D eigenvalue weighted by atomic mass is 32.1. The number of piperazine rings is 1. The Morgan fingerprint density at radius 2 is 2.17 bits per heavy atom. The maximum atomic E-state index is 13.4. The molecule has 5 heterocycles. The van der Waals surface area contributed by atoms with Crippen molar-refractivity contribution >= 4 is 49.9 Å². The number of amides is 1. The van der Waals surface area contributed by atoms with Gasteiger partial charge in [-0.3, -0.25) is 14.8 Å². The summed E-state index contributed by atoms with van der Waals surface area (Å²) in [7, 11) is 3.83. The van der Waals surface area contributed by atoms with Crippen LogP contribution in [0.2, 0.25) is 0 Å². The maximum absolute atomic E-state index is 13.4. The van der Waals surface area contributed by atoms with Gasteiger partial charge in [0.15, 0.2) is 0 Å². The summed E-state index contributed by atoms with van der Waals surface area (Å²) in [5.41, 5.74) is 3.03. The molecule has 1 aromatic carbocycles. The molecule has 35 heavy (non-hydrogen) atoms. The lowest BCUT2D eigenvalue weighted by Crippen LogP contribution is -2.49. The number of carbonyl (C=O) groups excluding carboxylic acids is 1. The first-order valence-corrected chi connectivity index (χ1v) is 12.9. The molecule has 3 aliphatic rings. The summed E-state index contributed by atoms with van der Waals surface area (Å²) in [5.74, 6) is 1.90. The molecule has 9 nitrogen and oxygen atoms in total. The van der Waals surface area contributed by atoms with Gasteiger partial charge in [-0.1, -0.05) is 0 Å². The van der Waals surface area contributed by atoms with E-state index >= 15 is 0 Å². The molecule has 3 atom stereocenters. The van der Waals surface area contributed by atoms with E-state index in [2.05, 4.69) is 42.3 Å². The van der Waals surface area contributed by atoms with Crippen molar-refractivity contribution in [1.29, 1.82) is 0 Å². The van der Waals surface area contributed by atoms with Crippen molar-refractivity contribution in [3.63, 3.8) is 0 Å². The number of methoxy groups -OCH3 is 1. The number of anilines is 2. The summed E-state index contributed by atoms with van der Waals surface area (Å²) in [4.78, 5) is 29.4. The zero-order valence-electron chi connectivity index (χ0n) is 19.7. The molecule has 180 valence electrons. The van der Waals surface area contributed by atoms with Gasteiger partial charge in [0.1, 0.15) is 22.7 Å². The standard InChI is InChI=1S/C25H27N7O2S/c1-31-10-16-7-15(31)11-32(16)25(33)13-3-4-17-21(6-13)35-24-22(17)23(26-12-27-24)29-19-5-14-9-28-30-18(14)8-20(19)34-2/h5,8-9,12-13,15-16H,3-4,6-7,10-11H2,1-2H3,(H,28,30)(H,26,27,29)/t13-,15-,16-/m0/s1. The molecule has 0 radical (unpaired) electrons. The van der Waals surface area contributed by atoms with E-state index in [9.17, 15) is 4.79 Å². The first-order chi connectivity index (χ1) is 17.1. The number of aryl methyl sites for hydroxylation is 1. The summed E-state index contributed by atoms with van der Waals surface area (Å²) in [6.07, 6.45) is 7.07. The van der Waals surface area contributed by atoms with Gasteiger partial charge in [0.2, 0.25) is 5.91 Å². The number of aromatic nitrogens is 4. The second-order valence-corrected chi connectivity index (χ2v) is 11.0. The first kappa shape index (κ1) is 21.1. The molecule has 7 rings (SSSR count). The Hall–Kier alpha value is -3.24. The van der Waals surface area contributed by atoms with Crippen molar-refractivity contribution in [3.05, 3.63) is 35.1 Å². The fourth-order valence-corrected chi connectivity index (χ4v) is 7.42. The second-order valence-electron chi connectivity index (χ2n) is 9.95. The number of fused-ring (bicyclic) bond motifs is 6. The number of nitrogens with one attached hydrogen (secondary N) is 2. The SMILES string of the molecule is COc1cc2[nH]ncc2cc1Nc1ncnc2sc3c(c12)CC[C@H](C(=O)N1C[C@@H]2C[C@H]1CN2C)C3. The average Bonchev–Trinajstić information content (AvgIpc) is 3.64. The molecule has 1 amide bonds. The number of hydrogen-bond donors (Lipinski definition) is 2. The van der Waals surface area contributed by atoms with E-state index in [0.29, 0.717) is 23.7 Å². The largest absolute Gasteiger partial charge is 0.494 e. The molecule has 2 bridgehead atoms. The Morgan fingerprint density at radius 1 is 1.26 bits per heavy atom. The van der Waals surface area contributed by atoms with Gasteiger partial charge in [-0.15, -0.1) is 11.3 Å². The van der Waals surface area contributed by atoms with E-state index in [4.69, 9.17) is 4.74 Å². The molecule has 0 unspecified atom stereocenters. The van der Waals surface area contributed by atoms with Crippen LogP contribution >= 0.6 is 11.3 Å². The van der Waals surface area contributed by atoms with Gasteiger partial charge in [0.25, 0.3) is 0 Å². The van der Waals surface area contributed by atoms with Crippen molar-refractivity contribution in [2.45, 2.75) is 37.8 Å². The molecular weight excluding hydrogens is 462 g/mol. The summed E-state index contributed by atoms with van der Waals surface area (Å²) in [6.45, 7) is 1.90. The van der Waals surface area contributed by atoms with Gasteiger partial charge in [-0.05, 0) is 44.4 Å². The van der Waals surface area contributed by atoms with Gasteiger partial charge < -0.3 is 15.0 Å². The van der Waals surface area contributed by atoms with Crippen LogP contribution in [-0.2, 0) is 17.6 Å². The number of carbonyl (C=O) groups is 1. The predicted molar refractivity (Wildman–Crippen MR) is 135 cm³/mol. The Morgan fingerprint density at radius 3 is 2.97 bits per heavy atom. The maximum Gasteiger partial charge on any atom is 0.226 e. The number of aromatic amines is 1. The summed E-state index contributed by atoms with van der Waals surface area (Å²) >= 11 is 1.70. The van der Waals surface area contributed by atoms with E-state index in [1.807, 2.05) is 12.1 Å². The molecule has 0 saturated carbocycles. The highest BCUT2D eigenvalue weighted by Gasteiger charge is 2.45. The van der Waals surface area contributed by atoms with Gasteiger partial charge in [-0.2, -0.15) is 5.10 Å². The quantitative estimate of drug-likeness (QED) is 0.454. The van der Waals surface area contributed by atoms with Gasteiger partial charge in [0.05, 0.1) is 29.9 Å². The molecule has 10 heteroatoms. The number of H-pyrrole nitrogens is 1. The molecule has 3 aromatic heterocycles. The van der Waals surface area contributed by atoms with Gasteiger partial charge in [-0.25, -0.2) is 9.97 Å². The highest BCUT2D eigenvalue weighted by Crippen LogP contribution is 2.42. The van der Waals surface area contributed by atoms with E-state index < -0.39 is 0 Å². The summed E-state index contributed by atoms with van der Waals surface area (Å²) in [5, 5.41) is 12.7. The number of likely N-dealkylation sites (tertiary alicyclic amines) is 2. The highest BCUT2D eigenvalue weighted by molar-refractivity contribution is 7.19. The van der Waals surface area contributed by atoms with Crippen LogP contribution in [0, 0.1) is 5.92 Å². The smallest absolute Gasteiger partial charge is 0.226 e. The number of ether oxygens (including phenoxy) is 1. The Labute approximate surface area is 206 Å². The number of hydrogen-bond acceptors (Lipinski definition) is 8. The second kappa shape index (κ2) is 7.89. The zero-order chi connectivity index (χ0) is 23.7. The fourth-order valence-electron chi connectivity index (χ4n) is 6.15. The normalized spacial score (nSPS) is 23.8. The van der Waals surface area contributed by atoms with Crippen LogP contribution in [0.4, 0.5) is 11.5 Å². The number of likely N-dealkylation sites (N-methyl/N-ethyl adjacent to an activating group) is 1. The van der Waals surface area contributed by atoms with E-state index in [-0.39, 0.29) is 5.92 Å². The first-order valence-electron chi connectivity index (χ1n) is 12.1. The fraction of sp³-hybridized carbons (Fsp3) is 0.440. The van der Waals surface area contributed by atoms with Crippen LogP contribution in [0.1, 0.15) is 23.3 Å². The molecular formula is C25H27N7O2S. The van der Waals surface area contributed by atoms with Crippen molar-refractivity contribution in [3.8, 4) is 5.75 Å². The molecule has 1 aliphatic carbocycles. The lowest BCUT2D eigenvalue weighted by Gasteiger charge is -2.35. The van der Waals surface area contributed by atoms with Crippen molar-refractivity contribution in [2.75, 3.05) is 32.6 Å². The third kappa shape index (κ3) is 3.30. The van der Waals surface area contributed by atoms with Crippen molar-refractivity contribution in [1.82, 2.24) is 30.0 Å². The minimum Gasteiger partial charge on any atom is -0.494 e. The lowest BCUT2D eigenvalue weighted by molar-refractivity contribution is -0.138. The minimum absolute atomic E-state index is 0.0631. The predicted octanol–water partition coefficient (Wildman–Crippen LogP) is 3.34. The van der Waals surface area contributed by atoms with E-state index in [1.54, 1.807) is 31.0 Å². The van der Waals surface area contributed by atoms with Crippen LogP contribution in [0.25, 0.3) is 21.1 Å². The average molecular weight is 490 g/mol. The van der Waals surface area contributed by atoms with Crippen molar-refractivity contribution < 1.29 is 9.53 Å². The molecule has 2 aliphatic heterocycles. The Bertz CT molecular complexity index is 1460. The van der Waals surface area contributed by atoms with E-state index in [1.165, 1.54) is 10.4 Å². The van der Waals surface area contributed by atoms with Crippen LogP contribution in [0.3, 0.4) is 0 Å². The van der Waals surface area contributed by atoms with Gasteiger partial charge in [0, 0.05) is 47.4 Å². The van der Waals surface area contributed by atoms with Crippen LogP contribution in [0.15, 0.2) is 24.7 Å². The van der Waals surface area contributed by atoms with E-state index in [0.717, 1.165) is 71.4 Å². The molecule has 2 fully saturated rings. The lowest BCUT2D eigenvalue weighted by atomic mass is 9.86. The molecule has 2 saturated heterocycles. The topological polar surface area (TPSA) is 99.3 Å². The molecule has 2 N–H and O–H groups in total. The van der Waals surface area contributed by atoms with Crippen LogP contribution < -0.4 is 10.1 Å². The molecule has 4 aromatic rings. The zero-order valence-corrected chi connectivity index (χ0v) is 20.6. The Balaban J connectivity index is 1.19. The number of rotatable bonds is 4. The summed E-state index contributed by atoms with van der Waals surface area (Å²) in [6, 6.07) is 4.88. The van der Waals surface area contributed by atoms with Gasteiger partial charge >= 0.3 is 0 Å².